The summed E-state index contributed by atoms with van der Waals surface area (Å²) in [5, 5.41) is 7.39. The van der Waals surface area contributed by atoms with Crippen LogP contribution in [-0.4, -0.2) is 23.8 Å². The zero-order chi connectivity index (χ0) is 17.5. The van der Waals surface area contributed by atoms with Gasteiger partial charge in [-0.1, -0.05) is 42.4 Å². The van der Waals surface area contributed by atoms with Crippen LogP contribution in [0.4, 0.5) is 0 Å². The minimum Gasteiger partial charge on any atom is -0.496 e. The number of ether oxygens (including phenoxy) is 1. The summed E-state index contributed by atoms with van der Waals surface area (Å²) < 4.78 is 10.6. The predicted molar refractivity (Wildman–Crippen MR) is 97.5 cm³/mol. The molecule has 5 heteroatoms. The first kappa shape index (κ1) is 17.2. The first-order valence-corrected chi connectivity index (χ1v) is 8.54. The monoisotopic (exact) mass is 337 g/mol. The van der Waals surface area contributed by atoms with E-state index in [-0.39, 0.29) is 0 Å². The number of nitrogens with zero attached hydrogens (tertiary/aromatic N) is 2. The van der Waals surface area contributed by atoms with E-state index in [2.05, 4.69) is 33.7 Å². The number of aryl methyl sites for hydroxylation is 1. The van der Waals surface area contributed by atoms with Crippen LogP contribution in [0.2, 0.25) is 0 Å². The lowest BCUT2D eigenvalue weighted by Crippen LogP contribution is -2.17. The van der Waals surface area contributed by atoms with Gasteiger partial charge in [0, 0.05) is 24.1 Å². The summed E-state index contributed by atoms with van der Waals surface area (Å²) in [6.45, 7) is 3.71. The van der Waals surface area contributed by atoms with Crippen molar-refractivity contribution in [2.75, 3.05) is 13.7 Å². The third kappa shape index (κ3) is 4.45. The van der Waals surface area contributed by atoms with E-state index in [1.54, 1.807) is 7.11 Å². The summed E-state index contributed by atoms with van der Waals surface area (Å²) >= 11 is 0. The lowest BCUT2D eigenvalue weighted by atomic mass is 10.1. The highest BCUT2D eigenvalue weighted by Crippen LogP contribution is 2.18. The summed E-state index contributed by atoms with van der Waals surface area (Å²) in [6.07, 6.45) is 1.74. The van der Waals surface area contributed by atoms with Crippen molar-refractivity contribution in [2.24, 2.45) is 0 Å². The molecule has 0 aliphatic carbocycles. The SMILES string of the molecule is CCc1noc(-c2ccc(CCNCc3ccccc3OC)cc2)n1. The molecule has 0 saturated carbocycles. The van der Waals surface area contributed by atoms with Crippen LogP contribution in [0.3, 0.4) is 0 Å². The molecule has 0 bridgehead atoms. The number of aromatic nitrogens is 2. The highest BCUT2D eigenvalue weighted by atomic mass is 16.5. The smallest absolute Gasteiger partial charge is 0.257 e. The van der Waals surface area contributed by atoms with E-state index in [4.69, 9.17) is 9.26 Å². The quantitative estimate of drug-likeness (QED) is 0.636. The number of rotatable bonds is 8. The van der Waals surface area contributed by atoms with Crippen molar-refractivity contribution in [1.29, 1.82) is 0 Å². The van der Waals surface area contributed by atoms with Gasteiger partial charge in [-0.15, -0.1) is 0 Å². The number of methoxy groups -OCH3 is 1. The maximum absolute atomic E-state index is 5.37. The van der Waals surface area contributed by atoms with Crippen LogP contribution in [0, 0.1) is 0 Å². The van der Waals surface area contributed by atoms with E-state index in [1.807, 2.05) is 37.3 Å². The fourth-order valence-corrected chi connectivity index (χ4v) is 2.63. The van der Waals surface area contributed by atoms with Gasteiger partial charge in [0.1, 0.15) is 5.75 Å². The fraction of sp³-hybridized carbons (Fsp3) is 0.300. The van der Waals surface area contributed by atoms with Crippen molar-refractivity contribution in [3.05, 3.63) is 65.5 Å². The molecule has 130 valence electrons. The molecule has 0 radical (unpaired) electrons. The molecule has 2 aromatic carbocycles. The van der Waals surface area contributed by atoms with Crippen LogP contribution < -0.4 is 10.1 Å². The molecule has 3 rings (SSSR count). The minimum atomic E-state index is 0.581. The van der Waals surface area contributed by atoms with Gasteiger partial charge in [0.15, 0.2) is 5.82 Å². The molecule has 0 aliphatic heterocycles. The standard InChI is InChI=1S/C20H23N3O2/c1-3-19-22-20(25-23-19)16-10-8-15(9-11-16)12-13-21-14-17-6-4-5-7-18(17)24-2/h4-11,21H,3,12-14H2,1-2H3. The largest absolute Gasteiger partial charge is 0.496 e. The fourth-order valence-electron chi connectivity index (χ4n) is 2.63. The van der Waals surface area contributed by atoms with Crippen molar-refractivity contribution in [1.82, 2.24) is 15.5 Å². The molecular formula is C20H23N3O2. The van der Waals surface area contributed by atoms with Crippen molar-refractivity contribution in [2.45, 2.75) is 26.3 Å². The zero-order valence-corrected chi connectivity index (χ0v) is 14.7. The van der Waals surface area contributed by atoms with Gasteiger partial charge in [-0.05, 0) is 36.7 Å². The number of hydrogen-bond donors (Lipinski definition) is 1. The Balaban J connectivity index is 1.50. The molecule has 1 heterocycles. The highest BCUT2D eigenvalue weighted by molar-refractivity contribution is 5.53. The first-order valence-electron chi connectivity index (χ1n) is 8.54. The van der Waals surface area contributed by atoms with Crippen LogP contribution in [0.5, 0.6) is 5.75 Å². The average Bonchev–Trinajstić information content (AvgIpc) is 3.15. The van der Waals surface area contributed by atoms with Gasteiger partial charge in [-0.3, -0.25) is 0 Å². The molecule has 0 unspecified atom stereocenters. The molecule has 0 fully saturated rings. The molecule has 0 spiro atoms. The second-order valence-corrected chi connectivity index (χ2v) is 5.80. The van der Waals surface area contributed by atoms with Gasteiger partial charge in [-0.25, -0.2) is 0 Å². The van der Waals surface area contributed by atoms with Gasteiger partial charge in [0.2, 0.25) is 0 Å². The second-order valence-electron chi connectivity index (χ2n) is 5.80. The summed E-state index contributed by atoms with van der Waals surface area (Å²) in [6, 6.07) is 16.3. The third-order valence-corrected chi connectivity index (χ3v) is 4.08. The van der Waals surface area contributed by atoms with E-state index < -0.39 is 0 Å². The molecule has 0 aliphatic rings. The molecule has 25 heavy (non-hydrogen) atoms. The third-order valence-electron chi connectivity index (χ3n) is 4.08. The van der Waals surface area contributed by atoms with Crippen molar-refractivity contribution in [3.63, 3.8) is 0 Å². The zero-order valence-electron chi connectivity index (χ0n) is 14.7. The Kier molecular flexibility index (Phi) is 5.80. The molecule has 3 aromatic rings. The van der Waals surface area contributed by atoms with E-state index in [9.17, 15) is 0 Å². The van der Waals surface area contributed by atoms with Crippen molar-refractivity contribution in [3.8, 4) is 17.2 Å². The Morgan fingerprint density at radius 3 is 2.60 bits per heavy atom. The lowest BCUT2D eigenvalue weighted by Gasteiger charge is -2.09. The van der Waals surface area contributed by atoms with Gasteiger partial charge in [0.05, 0.1) is 7.11 Å². The van der Waals surface area contributed by atoms with Gasteiger partial charge < -0.3 is 14.6 Å². The van der Waals surface area contributed by atoms with Crippen LogP contribution in [-0.2, 0) is 19.4 Å². The van der Waals surface area contributed by atoms with Crippen molar-refractivity contribution >= 4 is 0 Å². The topological polar surface area (TPSA) is 60.2 Å². The van der Waals surface area contributed by atoms with E-state index in [0.29, 0.717) is 5.89 Å². The summed E-state index contributed by atoms with van der Waals surface area (Å²) in [5.41, 5.74) is 3.40. The van der Waals surface area contributed by atoms with Crippen LogP contribution >= 0.6 is 0 Å². The van der Waals surface area contributed by atoms with Gasteiger partial charge in [-0.2, -0.15) is 4.98 Å². The predicted octanol–water partition coefficient (Wildman–Crippen LogP) is 3.64. The van der Waals surface area contributed by atoms with E-state index in [0.717, 1.165) is 43.1 Å². The molecule has 0 saturated heterocycles. The number of benzene rings is 2. The number of hydrogen-bond acceptors (Lipinski definition) is 5. The van der Waals surface area contributed by atoms with Crippen LogP contribution in [0.1, 0.15) is 23.9 Å². The summed E-state index contributed by atoms with van der Waals surface area (Å²) in [7, 11) is 1.70. The molecule has 1 N–H and O–H groups in total. The molecule has 0 amide bonds. The maximum Gasteiger partial charge on any atom is 0.257 e. The highest BCUT2D eigenvalue weighted by Gasteiger charge is 2.07. The second kappa shape index (κ2) is 8.44. The Morgan fingerprint density at radius 1 is 1.08 bits per heavy atom. The van der Waals surface area contributed by atoms with E-state index in [1.165, 1.54) is 11.1 Å². The van der Waals surface area contributed by atoms with Gasteiger partial charge in [0.25, 0.3) is 5.89 Å². The first-order chi connectivity index (χ1) is 12.3. The molecule has 0 atom stereocenters. The van der Waals surface area contributed by atoms with Crippen LogP contribution in [0.25, 0.3) is 11.5 Å². The van der Waals surface area contributed by atoms with Gasteiger partial charge >= 0.3 is 0 Å². The lowest BCUT2D eigenvalue weighted by molar-refractivity contribution is 0.408. The van der Waals surface area contributed by atoms with E-state index >= 15 is 0 Å². The number of nitrogens with one attached hydrogen (secondary N) is 1. The summed E-state index contributed by atoms with van der Waals surface area (Å²) in [4.78, 5) is 4.35. The molecule has 5 nitrogen and oxygen atoms in total. The minimum absolute atomic E-state index is 0.581. The average molecular weight is 337 g/mol. The normalized spacial score (nSPS) is 10.8. The summed E-state index contributed by atoms with van der Waals surface area (Å²) in [5.74, 6) is 2.24. The Labute approximate surface area is 148 Å². The Bertz CT molecular complexity index is 797. The maximum atomic E-state index is 5.37. The van der Waals surface area contributed by atoms with Crippen molar-refractivity contribution < 1.29 is 9.26 Å². The Morgan fingerprint density at radius 2 is 1.88 bits per heavy atom. The Hall–Kier alpha value is -2.66. The molecule has 1 aromatic heterocycles. The number of para-hydroxylation sites is 1. The van der Waals surface area contributed by atoms with Crippen LogP contribution in [0.15, 0.2) is 53.1 Å². The molecular weight excluding hydrogens is 314 g/mol.